The molecule has 0 spiro atoms. The van der Waals surface area contributed by atoms with Crippen molar-refractivity contribution in [3.05, 3.63) is 35.9 Å². The molecule has 2 aliphatic heterocycles. The zero-order valence-electron chi connectivity index (χ0n) is 10.8. The Morgan fingerprint density at radius 1 is 1.00 bits per heavy atom. The first kappa shape index (κ1) is 11.9. The maximum absolute atomic E-state index is 12.6. The van der Waals surface area contributed by atoms with Crippen molar-refractivity contribution in [2.45, 2.75) is 38.1 Å². The van der Waals surface area contributed by atoms with Gasteiger partial charge >= 0.3 is 0 Å². The molecule has 0 N–H and O–H groups in total. The highest BCUT2D eigenvalue weighted by molar-refractivity contribution is 5.98. The minimum absolute atomic E-state index is 0.237. The lowest BCUT2D eigenvalue weighted by molar-refractivity contribution is 0.0479. The van der Waals surface area contributed by atoms with Crippen molar-refractivity contribution in [1.82, 2.24) is 4.90 Å². The van der Waals surface area contributed by atoms with Gasteiger partial charge in [0.2, 0.25) is 0 Å². The van der Waals surface area contributed by atoms with Gasteiger partial charge in [0.15, 0.2) is 5.78 Å². The van der Waals surface area contributed by atoms with Gasteiger partial charge in [0.1, 0.15) is 0 Å². The van der Waals surface area contributed by atoms with Crippen LogP contribution in [0, 0.1) is 5.92 Å². The second kappa shape index (κ2) is 5.23. The van der Waals surface area contributed by atoms with Crippen LogP contribution in [0.2, 0.25) is 0 Å². The van der Waals surface area contributed by atoms with Crippen LogP contribution in [0.1, 0.15) is 42.5 Å². The summed E-state index contributed by atoms with van der Waals surface area (Å²) in [6, 6.07) is 10.3. The van der Waals surface area contributed by atoms with E-state index in [4.69, 9.17) is 0 Å². The van der Waals surface area contributed by atoms with Crippen molar-refractivity contribution < 1.29 is 4.79 Å². The van der Waals surface area contributed by atoms with Crippen LogP contribution in [0.15, 0.2) is 30.3 Å². The highest BCUT2D eigenvalue weighted by Crippen LogP contribution is 2.32. The van der Waals surface area contributed by atoms with Crippen LogP contribution < -0.4 is 0 Å². The van der Waals surface area contributed by atoms with Crippen molar-refractivity contribution in [3.63, 3.8) is 0 Å². The van der Waals surface area contributed by atoms with Crippen LogP contribution >= 0.6 is 0 Å². The third-order valence-corrected chi connectivity index (χ3v) is 4.48. The van der Waals surface area contributed by atoms with Crippen LogP contribution in [-0.4, -0.2) is 29.8 Å². The molecule has 0 unspecified atom stereocenters. The van der Waals surface area contributed by atoms with Crippen LogP contribution in [0.3, 0.4) is 0 Å². The van der Waals surface area contributed by atoms with Gasteiger partial charge in [0, 0.05) is 17.5 Å². The minimum Gasteiger partial charge on any atom is -0.300 e. The number of nitrogens with zero attached hydrogens (tertiary/aromatic N) is 1. The Morgan fingerprint density at radius 3 is 2.61 bits per heavy atom. The number of piperidine rings is 2. The fraction of sp³-hybridized carbons (Fsp3) is 0.562. The van der Waals surface area contributed by atoms with Crippen molar-refractivity contribution >= 4 is 5.78 Å². The molecule has 96 valence electrons. The molecule has 2 atom stereocenters. The Bertz CT molecular complexity index is 412. The molecular formula is C16H21NO. The van der Waals surface area contributed by atoms with Crippen molar-refractivity contribution in [2.75, 3.05) is 13.1 Å². The molecule has 3 rings (SSSR count). The quantitative estimate of drug-likeness (QED) is 0.744. The average molecular weight is 243 g/mol. The van der Waals surface area contributed by atoms with E-state index in [1.807, 2.05) is 30.3 Å². The van der Waals surface area contributed by atoms with Crippen molar-refractivity contribution in [2.24, 2.45) is 5.92 Å². The molecule has 1 aromatic carbocycles. The number of benzene rings is 1. The number of fused-ring (bicyclic) bond motifs is 1. The highest BCUT2D eigenvalue weighted by Gasteiger charge is 2.37. The molecule has 2 fully saturated rings. The largest absolute Gasteiger partial charge is 0.300 e. The molecule has 0 amide bonds. The summed E-state index contributed by atoms with van der Waals surface area (Å²) in [6.07, 6.45) is 6.07. The Morgan fingerprint density at radius 2 is 1.78 bits per heavy atom. The summed E-state index contributed by atoms with van der Waals surface area (Å²) < 4.78 is 0. The van der Waals surface area contributed by atoms with E-state index in [9.17, 15) is 4.79 Å². The molecule has 0 aromatic heterocycles. The molecular weight excluding hydrogens is 222 g/mol. The molecule has 18 heavy (non-hydrogen) atoms. The Hall–Kier alpha value is -1.15. The van der Waals surface area contributed by atoms with E-state index >= 15 is 0 Å². The first-order chi connectivity index (χ1) is 8.86. The van der Waals surface area contributed by atoms with E-state index in [2.05, 4.69) is 4.90 Å². The number of carbonyl (C=O) groups excluding carboxylic acids is 1. The summed E-state index contributed by atoms with van der Waals surface area (Å²) >= 11 is 0. The van der Waals surface area contributed by atoms with Gasteiger partial charge in [-0.25, -0.2) is 0 Å². The fourth-order valence-electron chi connectivity index (χ4n) is 3.58. The van der Waals surface area contributed by atoms with Gasteiger partial charge in [-0.3, -0.25) is 9.69 Å². The molecule has 2 saturated heterocycles. The maximum atomic E-state index is 12.6. The van der Waals surface area contributed by atoms with Crippen molar-refractivity contribution in [1.29, 1.82) is 0 Å². The summed E-state index contributed by atoms with van der Waals surface area (Å²) in [6.45, 7) is 2.40. The maximum Gasteiger partial charge on any atom is 0.167 e. The number of hydrogen-bond donors (Lipinski definition) is 0. The summed E-state index contributed by atoms with van der Waals surface area (Å²) in [5, 5.41) is 0. The third kappa shape index (κ3) is 2.22. The topological polar surface area (TPSA) is 20.3 Å². The zero-order valence-corrected chi connectivity index (χ0v) is 10.8. The van der Waals surface area contributed by atoms with Gasteiger partial charge in [0.25, 0.3) is 0 Å². The summed E-state index contributed by atoms with van der Waals surface area (Å²) in [5.41, 5.74) is 0.898. The van der Waals surface area contributed by atoms with E-state index in [1.165, 1.54) is 38.8 Å². The first-order valence-electron chi connectivity index (χ1n) is 7.19. The highest BCUT2D eigenvalue weighted by atomic mass is 16.1. The van der Waals surface area contributed by atoms with Gasteiger partial charge < -0.3 is 0 Å². The summed E-state index contributed by atoms with van der Waals surface area (Å²) in [4.78, 5) is 15.2. The lowest BCUT2D eigenvalue weighted by Crippen LogP contribution is -2.50. The fourth-order valence-corrected chi connectivity index (χ4v) is 3.58. The molecule has 2 heteroatoms. The van der Waals surface area contributed by atoms with Gasteiger partial charge in [0.05, 0.1) is 0 Å². The standard InChI is InChI=1S/C16H21NO/c18-16(13-7-2-1-3-8-13)14-9-6-12-17-11-5-4-10-15(14)17/h1-3,7-8,14-15H,4-6,9-12H2/t14-,15-/m1/s1. The molecule has 2 aliphatic rings. The van der Waals surface area contributed by atoms with E-state index in [0.29, 0.717) is 11.8 Å². The Labute approximate surface area is 109 Å². The SMILES string of the molecule is O=C(c1ccccc1)[C@@H]1CCCN2CCCC[C@H]12. The zero-order chi connectivity index (χ0) is 12.4. The second-order valence-corrected chi connectivity index (χ2v) is 5.58. The number of hydrogen-bond acceptors (Lipinski definition) is 2. The third-order valence-electron chi connectivity index (χ3n) is 4.48. The molecule has 0 saturated carbocycles. The normalized spacial score (nSPS) is 28.7. The van der Waals surface area contributed by atoms with E-state index < -0.39 is 0 Å². The van der Waals surface area contributed by atoms with Gasteiger partial charge in [-0.1, -0.05) is 36.8 Å². The van der Waals surface area contributed by atoms with E-state index in [1.54, 1.807) is 0 Å². The summed E-state index contributed by atoms with van der Waals surface area (Å²) in [5.74, 6) is 0.605. The van der Waals surface area contributed by atoms with Gasteiger partial charge in [-0.2, -0.15) is 0 Å². The Kier molecular flexibility index (Phi) is 3.46. The Balaban J connectivity index is 1.80. The number of Topliss-reactive ketones (excluding diaryl/α,β-unsaturated/α-hetero) is 1. The van der Waals surface area contributed by atoms with Gasteiger partial charge in [-0.05, 0) is 38.8 Å². The second-order valence-electron chi connectivity index (χ2n) is 5.58. The molecule has 1 aromatic rings. The lowest BCUT2D eigenvalue weighted by Gasteiger charge is -2.43. The van der Waals surface area contributed by atoms with E-state index in [0.717, 1.165) is 12.0 Å². The predicted molar refractivity (Wildman–Crippen MR) is 72.7 cm³/mol. The van der Waals surface area contributed by atoms with Crippen molar-refractivity contribution in [3.8, 4) is 0 Å². The number of carbonyl (C=O) groups is 1. The smallest absolute Gasteiger partial charge is 0.167 e. The van der Waals surface area contributed by atoms with Crippen LogP contribution in [0.25, 0.3) is 0 Å². The summed E-state index contributed by atoms with van der Waals surface area (Å²) in [7, 11) is 0. The van der Waals surface area contributed by atoms with Gasteiger partial charge in [-0.15, -0.1) is 0 Å². The van der Waals surface area contributed by atoms with E-state index in [-0.39, 0.29) is 5.92 Å². The lowest BCUT2D eigenvalue weighted by atomic mass is 9.79. The molecule has 2 nitrogen and oxygen atoms in total. The minimum atomic E-state index is 0.237. The number of rotatable bonds is 2. The van der Waals surface area contributed by atoms with Crippen LogP contribution in [-0.2, 0) is 0 Å². The van der Waals surface area contributed by atoms with Crippen LogP contribution in [0.4, 0.5) is 0 Å². The van der Waals surface area contributed by atoms with Crippen LogP contribution in [0.5, 0.6) is 0 Å². The molecule has 0 bridgehead atoms. The predicted octanol–water partition coefficient (Wildman–Crippen LogP) is 3.13. The molecule has 0 aliphatic carbocycles. The monoisotopic (exact) mass is 243 g/mol. The molecule has 0 radical (unpaired) electrons. The average Bonchev–Trinajstić information content (AvgIpc) is 2.47. The molecule has 2 heterocycles. The first-order valence-corrected chi connectivity index (χ1v) is 7.19. The number of ketones is 1.